The SMILES string of the molecule is Cc1ccc(C(=O)OC[C@@H]2SCC[C@H]2OC(=O)c2ccc(C)cc2)cc1.OCc1ccccc1. The van der Waals surface area contributed by atoms with E-state index >= 15 is 0 Å². The number of thioether (sulfide) groups is 1. The molecule has 1 N–H and O–H groups in total. The monoisotopic (exact) mass is 478 g/mol. The Balaban J connectivity index is 0.000000343. The molecule has 6 heteroatoms. The molecule has 0 spiro atoms. The molecule has 0 aromatic heterocycles. The number of ether oxygens (including phenoxy) is 2. The van der Waals surface area contributed by atoms with Gasteiger partial charge < -0.3 is 14.6 Å². The van der Waals surface area contributed by atoms with E-state index in [-0.39, 0.29) is 36.5 Å². The minimum absolute atomic E-state index is 0.0289. The minimum atomic E-state index is -0.346. The Labute approximate surface area is 205 Å². The average Bonchev–Trinajstić information content (AvgIpc) is 3.31. The molecule has 178 valence electrons. The van der Waals surface area contributed by atoms with E-state index in [2.05, 4.69) is 0 Å². The highest BCUT2D eigenvalue weighted by Crippen LogP contribution is 2.30. The number of aryl methyl sites for hydroxylation is 2. The van der Waals surface area contributed by atoms with Crippen molar-refractivity contribution in [2.45, 2.75) is 38.2 Å². The highest BCUT2D eigenvalue weighted by atomic mass is 32.2. The van der Waals surface area contributed by atoms with Gasteiger partial charge in [0.05, 0.1) is 23.0 Å². The molecule has 0 radical (unpaired) electrons. The Kier molecular flexibility index (Phi) is 9.74. The standard InChI is InChI=1S/C21H22O4S.C7H8O/c1-14-3-7-16(8-4-14)20(22)24-13-19-18(11-12-26-19)25-21(23)17-9-5-15(2)6-10-17;8-6-7-4-2-1-3-5-7/h3-10,18-19H,11-13H2,1-2H3;1-5,8H,6H2/t18-,19+;/m1./s1. The molecule has 3 aromatic rings. The second-order valence-electron chi connectivity index (χ2n) is 8.12. The van der Waals surface area contributed by atoms with Gasteiger partial charge in [0.2, 0.25) is 0 Å². The minimum Gasteiger partial charge on any atom is -0.461 e. The zero-order valence-corrected chi connectivity index (χ0v) is 20.3. The van der Waals surface area contributed by atoms with Gasteiger partial charge in [0, 0.05) is 0 Å². The van der Waals surface area contributed by atoms with Crippen molar-refractivity contribution in [1.82, 2.24) is 0 Å². The fraction of sp³-hybridized carbons (Fsp3) is 0.286. The van der Waals surface area contributed by atoms with E-state index in [4.69, 9.17) is 14.6 Å². The van der Waals surface area contributed by atoms with E-state index in [0.29, 0.717) is 11.1 Å². The molecule has 3 aromatic carbocycles. The van der Waals surface area contributed by atoms with Crippen LogP contribution in [-0.2, 0) is 16.1 Å². The summed E-state index contributed by atoms with van der Waals surface area (Å²) < 4.78 is 11.1. The van der Waals surface area contributed by atoms with Gasteiger partial charge in [-0.05, 0) is 55.9 Å². The second kappa shape index (κ2) is 13.0. The molecule has 2 atom stereocenters. The maximum Gasteiger partial charge on any atom is 0.338 e. The van der Waals surface area contributed by atoms with Crippen molar-refractivity contribution in [1.29, 1.82) is 0 Å². The fourth-order valence-electron chi connectivity index (χ4n) is 3.33. The normalized spacial score (nSPS) is 16.8. The van der Waals surface area contributed by atoms with Gasteiger partial charge in [-0.3, -0.25) is 0 Å². The molecule has 1 saturated heterocycles. The Morgan fingerprint density at radius 3 is 1.94 bits per heavy atom. The van der Waals surface area contributed by atoms with Gasteiger partial charge in [-0.25, -0.2) is 9.59 Å². The van der Waals surface area contributed by atoms with Crippen LogP contribution in [0.2, 0.25) is 0 Å². The van der Waals surface area contributed by atoms with Crippen LogP contribution in [0, 0.1) is 13.8 Å². The molecule has 1 heterocycles. The van der Waals surface area contributed by atoms with Crippen LogP contribution in [0.1, 0.15) is 43.8 Å². The van der Waals surface area contributed by atoms with E-state index in [1.807, 2.05) is 68.4 Å². The molecule has 1 aliphatic heterocycles. The van der Waals surface area contributed by atoms with Crippen molar-refractivity contribution < 1.29 is 24.2 Å². The molecule has 5 nitrogen and oxygen atoms in total. The van der Waals surface area contributed by atoms with Crippen LogP contribution in [0.3, 0.4) is 0 Å². The largest absolute Gasteiger partial charge is 0.461 e. The molecule has 0 bridgehead atoms. The zero-order chi connectivity index (χ0) is 24.3. The van der Waals surface area contributed by atoms with Gasteiger partial charge in [0.25, 0.3) is 0 Å². The van der Waals surface area contributed by atoms with Gasteiger partial charge in [-0.2, -0.15) is 11.8 Å². The number of hydrogen-bond acceptors (Lipinski definition) is 6. The maximum atomic E-state index is 12.3. The van der Waals surface area contributed by atoms with Crippen molar-refractivity contribution >= 4 is 23.7 Å². The van der Waals surface area contributed by atoms with E-state index in [9.17, 15) is 9.59 Å². The highest BCUT2D eigenvalue weighted by Gasteiger charge is 2.32. The lowest BCUT2D eigenvalue weighted by molar-refractivity contribution is 0.0221. The first kappa shape index (κ1) is 25.5. The number of carbonyl (C=O) groups is 2. The second-order valence-corrected chi connectivity index (χ2v) is 9.46. The van der Waals surface area contributed by atoms with Crippen LogP contribution in [-0.4, -0.2) is 40.8 Å². The third kappa shape index (κ3) is 7.75. The average molecular weight is 479 g/mol. The summed E-state index contributed by atoms with van der Waals surface area (Å²) in [5.41, 5.74) is 4.23. The molecule has 4 rings (SSSR count). The fourth-order valence-corrected chi connectivity index (χ4v) is 4.57. The highest BCUT2D eigenvalue weighted by molar-refractivity contribution is 8.00. The summed E-state index contributed by atoms with van der Waals surface area (Å²) in [6, 6.07) is 24.1. The molecule has 0 unspecified atom stereocenters. The Morgan fingerprint density at radius 1 is 0.853 bits per heavy atom. The summed E-state index contributed by atoms with van der Waals surface area (Å²) >= 11 is 1.68. The van der Waals surface area contributed by atoms with Crippen LogP contribution < -0.4 is 0 Å². The quantitative estimate of drug-likeness (QED) is 0.480. The van der Waals surface area contributed by atoms with Gasteiger partial charge in [0.1, 0.15) is 12.7 Å². The topological polar surface area (TPSA) is 72.8 Å². The molecule has 34 heavy (non-hydrogen) atoms. The van der Waals surface area contributed by atoms with Crippen LogP contribution in [0.5, 0.6) is 0 Å². The summed E-state index contributed by atoms with van der Waals surface area (Å²) in [6.07, 6.45) is 0.536. The molecule has 0 aliphatic carbocycles. The molecular formula is C28H30O5S. The molecule has 1 aliphatic rings. The Hall–Kier alpha value is -3.09. The summed E-state index contributed by atoms with van der Waals surface area (Å²) in [4.78, 5) is 24.5. The van der Waals surface area contributed by atoms with E-state index in [1.54, 1.807) is 36.0 Å². The molecule has 1 fully saturated rings. The van der Waals surface area contributed by atoms with Crippen LogP contribution >= 0.6 is 11.8 Å². The summed E-state index contributed by atoms with van der Waals surface area (Å²) in [5.74, 6) is 0.215. The number of hydrogen-bond donors (Lipinski definition) is 1. The van der Waals surface area contributed by atoms with Gasteiger partial charge in [-0.15, -0.1) is 0 Å². The predicted octanol–water partition coefficient (Wildman–Crippen LogP) is 5.37. The third-order valence-corrected chi connectivity index (χ3v) is 6.73. The van der Waals surface area contributed by atoms with E-state index in [0.717, 1.165) is 28.9 Å². The van der Waals surface area contributed by atoms with Gasteiger partial charge in [-0.1, -0.05) is 65.7 Å². The number of esters is 2. The number of aliphatic hydroxyl groups excluding tert-OH is 1. The molecule has 0 saturated carbocycles. The third-order valence-electron chi connectivity index (χ3n) is 5.39. The van der Waals surface area contributed by atoms with Crippen molar-refractivity contribution in [3.8, 4) is 0 Å². The first-order valence-corrected chi connectivity index (χ1v) is 12.3. The molecule has 0 amide bonds. The Bertz CT molecular complexity index is 1050. The first-order valence-electron chi connectivity index (χ1n) is 11.2. The van der Waals surface area contributed by atoms with E-state index in [1.165, 1.54) is 0 Å². The predicted molar refractivity (Wildman–Crippen MR) is 135 cm³/mol. The Morgan fingerprint density at radius 2 is 1.41 bits per heavy atom. The van der Waals surface area contributed by atoms with Crippen molar-refractivity contribution in [2.75, 3.05) is 12.4 Å². The van der Waals surface area contributed by atoms with Crippen molar-refractivity contribution in [3.63, 3.8) is 0 Å². The summed E-state index contributed by atoms with van der Waals surface area (Å²) in [7, 11) is 0. The van der Waals surface area contributed by atoms with E-state index < -0.39 is 0 Å². The lowest BCUT2D eigenvalue weighted by Crippen LogP contribution is -2.29. The number of aliphatic hydroxyl groups is 1. The molecular weight excluding hydrogens is 448 g/mol. The first-order chi connectivity index (χ1) is 16.5. The maximum absolute atomic E-state index is 12.3. The lowest BCUT2D eigenvalue weighted by atomic mass is 10.1. The van der Waals surface area contributed by atoms with Crippen molar-refractivity contribution in [3.05, 3.63) is 107 Å². The van der Waals surface area contributed by atoms with Crippen molar-refractivity contribution in [2.24, 2.45) is 0 Å². The van der Waals surface area contributed by atoms with Crippen LogP contribution in [0.4, 0.5) is 0 Å². The smallest absolute Gasteiger partial charge is 0.338 e. The van der Waals surface area contributed by atoms with Crippen LogP contribution in [0.25, 0.3) is 0 Å². The van der Waals surface area contributed by atoms with Gasteiger partial charge >= 0.3 is 11.9 Å². The summed E-state index contributed by atoms with van der Waals surface area (Å²) in [6.45, 7) is 4.32. The number of benzene rings is 3. The zero-order valence-electron chi connectivity index (χ0n) is 19.5. The lowest BCUT2D eigenvalue weighted by Gasteiger charge is -2.19. The number of rotatable bonds is 6. The van der Waals surface area contributed by atoms with Crippen LogP contribution in [0.15, 0.2) is 78.9 Å². The van der Waals surface area contributed by atoms with Gasteiger partial charge in [0.15, 0.2) is 0 Å². The number of carbonyl (C=O) groups excluding carboxylic acids is 2. The summed E-state index contributed by atoms with van der Waals surface area (Å²) in [5, 5.41) is 8.51.